The third kappa shape index (κ3) is 4.53. The van der Waals surface area contributed by atoms with Crippen molar-refractivity contribution in [2.75, 3.05) is 19.5 Å². The molecule has 2 aromatic carbocycles. The number of hydrogen-bond acceptors (Lipinski definition) is 4. The monoisotopic (exact) mass is 351 g/mol. The average Bonchev–Trinajstić information content (AvgIpc) is 2.60. The first-order valence-electron chi connectivity index (χ1n) is 7.22. The first-order chi connectivity index (χ1) is 11.9. The molecule has 0 atom stereocenters. The maximum Gasteiger partial charge on any atom is 0.418 e. The number of ether oxygens (including phenoxy) is 2. The van der Waals surface area contributed by atoms with Crippen molar-refractivity contribution < 1.29 is 27.4 Å². The topological polar surface area (TPSA) is 47.6 Å². The highest BCUT2D eigenvalue weighted by Crippen LogP contribution is 2.34. The van der Waals surface area contributed by atoms with E-state index >= 15 is 0 Å². The van der Waals surface area contributed by atoms with E-state index in [4.69, 9.17) is 9.47 Å². The lowest BCUT2D eigenvalue weighted by Gasteiger charge is -2.12. The van der Waals surface area contributed by atoms with Crippen molar-refractivity contribution in [1.29, 1.82) is 0 Å². The van der Waals surface area contributed by atoms with E-state index < -0.39 is 17.5 Å². The minimum Gasteiger partial charge on any atom is -0.497 e. The van der Waals surface area contributed by atoms with Crippen molar-refractivity contribution in [2.24, 2.45) is 0 Å². The van der Waals surface area contributed by atoms with Crippen molar-refractivity contribution in [2.45, 2.75) is 6.18 Å². The predicted molar refractivity (Wildman–Crippen MR) is 88.1 cm³/mol. The molecule has 2 aromatic rings. The van der Waals surface area contributed by atoms with Gasteiger partial charge in [-0.1, -0.05) is 12.1 Å². The van der Waals surface area contributed by atoms with Crippen molar-refractivity contribution in [3.05, 3.63) is 65.9 Å². The molecule has 0 radical (unpaired) electrons. The molecule has 0 bridgehead atoms. The summed E-state index contributed by atoms with van der Waals surface area (Å²) >= 11 is 0. The standard InChI is InChI=1S/C18H16F3NO3/c1-24-12-7-8-17(25-2)13(11-12)16(23)9-10-22-15-6-4-3-5-14(15)18(19,20)21/h3-11,22H,1-2H3/b10-9+. The van der Waals surface area contributed by atoms with Crippen LogP contribution >= 0.6 is 0 Å². The summed E-state index contributed by atoms with van der Waals surface area (Å²) in [5.74, 6) is 0.367. The number of allylic oxidation sites excluding steroid dienone is 1. The number of alkyl halides is 3. The number of para-hydroxylation sites is 1. The maximum atomic E-state index is 12.9. The molecule has 132 valence electrons. The number of carbonyl (C=O) groups excluding carboxylic acids is 1. The molecule has 7 heteroatoms. The molecule has 0 saturated heterocycles. The van der Waals surface area contributed by atoms with E-state index in [0.717, 1.165) is 18.3 Å². The van der Waals surface area contributed by atoms with Gasteiger partial charge in [-0.3, -0.25) is 4.79 Å². The zero-order chi connectivity index (χ0) is 18.4. The van der Waals surface area contributed by atoms with Gasteiger partial charge in [0.2, 0.25) is 0 Å². The van der Waals surface area contributed by atoms with Crippen LogP contribution in [0.15, 0.2) is 54.7 Å². The van der Waals surface area contributed by atoms with Gasteiger partial charge in [0, 0.05) is 12.3 Å². The van der Waals surface area contributed by atoms with Crippen LogP contribution < -0.4 is 14.8 Å². The van der Waals surface area contributed by atoms with Crippen molar-refractivity contribution in [3.63, 3.8) is 0 Å². The first kappa shape index (κ1) is 18.4. The van der Waals surface area contributed by atoms with Crippen molar-refractivity contribution >= 4 is 11.5 Å². The molecule has 0 aromatic heterocycles. The molecule has 2 rings (SSSR count). The fourth-order valence-corrected chi connectivity index (χ4v) is 2.16. The minimum absolute atomic E-state index is 0.142. The van der Waals surface area contributed by atoms with Gasteiger partial charge < -0.3 is 14.8 Å². The number of rotatable bonds is 6. The number of hydrogen-bond donors (Lipinski definition) is 1. The largest absolute Gasteiger partial charge is 0.497 e. The Kier molecular flexibility index (Phi) is 5.69. The number of nitrogens with one attached hydrogen (secondary N) is 1. The summed E-state index contributed by atoms with van der Waals surface area (Å²) in [5, 5.41) is 2.49. The molecule has 25 heavy (non-hydrogen) atoms. The van der Waals surface area contributed by atoms with Gasteiger partial charge in [-0.05, 0) is 30.3 Å². The summed E-state index contributed by atoms with van der Waals surface area (Å²) in [6.07, 6.45) is -2.20. The van der Waals surface area contributed by atoms with E-state index in [1.54, 1.807) is 12.1 Å². The number of halogens is 3. The van der Waals surface area contributed by atoms with Crippen LogP contribution in [0.2, 0.25) is 0 Å². The molecule has 0 spiro atoms. The SMILES string of the molecule is COc1ccc(OC)c(C(=O)/C=C/Nc2ccccc2C(F)(F)F)c1. The highest BCUT2D eigenvalue weighted by molar-refractivity contribution is 6.07. The smallest absolute Gasteiger partial charge is 0.418 e. The van der Waals surface area contributed by atoms with Gasteiger partial charge in [0.25, 0.3) is 0 Å². The highest BCUT2D eigenvalue weighted by atomic mass is 19.4. The van der Waals surface area contributed by atoms with Crippen LogP contribution in [0.4, 0.5) is 18.9 Å². The van der Waals surface area contributed by atoms with E-state index in [1.165, 1.54) is 38.5 Å². The van der Waals surface area contributed by atoms with E-state index in [0.29, 0.717) is 11.5 Å². The van der Waals surface area contributed by atoms with Gasteiger partial charge in [0.1, 0.15) is 11.5 Å². The number of benzene rings is 2. The lowest BCUT2D eigenvalue weighted by Crippen LogP contribution is -2.08. The lowest BCUT2D eigenvalue weighted by atomic mass is 10.1. The van der Waals surface area contributed by atoms with Gasteiger partial charge in [-0.15, -0.1) is 0 Å². The second-order valence-electron chi connectivity index (χ2n) is 4.95. The predicted octanol–water partition coefficient (Wildman–Crippen LogP) is 4.53. The summed E-state index contributed by atoms with van der Waals surface area (Å²) < 4.78 is 48.9. The van der Waals surface area contributed by atoms with Gasteiger partial charge in [-0.2, -0.15) is 13.2 Å². The Morgan fingerprint density at radius 1 is 1.08 bits per heavy atom. The molecule has 0 aliphatic carbocycles. The van der Waals surface area contributed by atoms with Crippen LogP contribution in [0.5, 0.6) is 11.5 Å². The Morgan fingerprint density at radius 2 is 1.80 bits per heavy atom. The zero-order valence-corrected chi connectivity index (χ0v) is 13.6. The fraction of sp³-hybridized carbons (Fsp3) is 0.167. The zero-order valence-electron chi connectivity index (χ0n) is 13.6. The Morgan fingerprint density at radius 3 is 2.44 bits per heavy atom. The van der Waals surface area contributed by atoms with Crippen LogP contribution in [-0.2, 0) is 6.18 Å². The maximum absolute atomic E-state index is 12.9. The van der Waals surface area contributed by atoms with Gasteiger partial charge in [-0.25, -0.2) is 0 Å². The quantitative estimate of drug-likeness (QED) is 0.614. The highest BCUT2D eigenvalue weighted by Gasteiger charge is 2.32. The number of anilines is 1. The van der Waals surface area contributed by atoms with Crippen LogP contribution in [-0.4, -0.2) is 20.0 Å². The summed E-state index contributed by atoms with van der Waals surface area (Å²) in [7, 11) is 2.88. The molecule has 0 unspecified atom stereocenters. The van der Waals surface area contributed by atoms with Crippen LogP contribution in [0.3, 0.4) is 0 Å². The third-order valence-electron chi connectivity index (χ3n) is 3.38. The summed E-state index contributed by atoms with van der Waals surface area (Å²) in [6, 6.07) is 9.72. The summed E-state index contributed by atoms with van der Waals surface area (Å²) in [4.78, 5) is 12.3. The fourth-order valence-electron chi connectivity index (χ4n) is 2.16. The van der Waals surface area contributed by atoms with Crippen LogP contribution in [0.1, 0.15) is 15.9 Å². The Labute approximate surface area is 142 Å². The second kappa shape index (κ2) is 7.74. The molecule has 0 amide bonds. The summed E-state index contributed by atoms with van der Waals surface area (Å²) in [6.45, 7) is 0. The Bertz CT molecular complexity index is 785. The molecule has 0 fully saturated rings. The lowest BCUT2D eigenvalue weighted by molar-refractivity contribution is -0.136. The second-order valence-corrected chi connectivity index (χ2v) is 4.95. The normalized spacial score (nSPS) is 11.4. The van der Waals surface area contributed by atoms with Gasteiger partial charge in [0.15, 0.2) is 5.78 Å². The molecular weight excluding hydrogens is 335 g/mol. The Hall–Kier alpha value is -2.96. The minimum atomic E-state index is -4.49. The molecule has 1 N–H and O–H groups in total. The molecule has 0 saturated carbocycles. The third-order valence-corrected chi connectivity index (χ3v) is 3.38. The van der Waals surface area contributed by atoms with E-state index in [2.05, 4.69) is 5.32 Å². The van der Waals surface area contributed by atoms with E-state index in [1.807, 2.05) is 0 Å². The van der Waals surface area contributed by atoms with Crippen LogP contribution in [0, 0.1) is 0 Å². The molecule has 4 nitrogen and oxygen atoms in total. The molecule has 0 aliphatic rings. The van der Waals surface area contributed by atoms with E-state index in [9.17, 15) is 18.0 Å². The summed E-state index contributed by atoms with van der Waals surface area (Å²) in [5.41, 5.74) is -0.716. The Balaban J connectivity index is 2.20. The van der Waals surface area contributed by atoms with E-state index in [-0.39, 0.29) is 11.3 Å². The number of carbonyl (C=O) groups is 1. The van der Waals surface area contributed by atoms with Crippen molar-refractivity contribution in [1.82, 2.24) is 0 Å². The van der Waals surface area contributed by atoms with Gasteiger partial charge >= 0.3 is 6.18 Å². The molecule has 0 heterocycles. The molecule has 0 aliphatic heterocycles. The van der Waals surface area contributed by atoms with Crippen molar-refractivity contribution in [3.8, 4) is 11.5 Å². The first-order valence-corrected chi connectivity index (χ1v) is 7.22. The average molecular weight is 351 g/mol. The molecular formula is C18H16F3NO3. The van der Waals surface area contributed by atoms with Gasteiger partial charge in [0.05, 0.1) is 31.0 Å². The number of methoxy groups -OCH3 is 2. The van der Waals surface area contributed by atoms with Crippen LogP contribution in [0.25, 0.3) is 0 Å². The number of ketones is 1.